The molecule has 0 unspecified atom stereocenters. The Bertz CT molecular complexity index is 1420. The van der Waals surface area contributed by atoms with Crippen molar-refractivity contribution in [3.63, 3.8) is 0 Å². The lowest BCUT2D eigenvalue weighted by atomic mass is 9.90. The van der Waals surface area contributed by atoms with E-state index in [1.807, 2.05) is 35.2 Å². The molecule has 1 amide bonds. The minimum absolute atomic E-state index is 0.00867. The maximum Gasteiger partial charge on any atom is 0.272 e. The van der Waals surface area contributed by atoms with E-state index in [1.54, 1.807) is 18.9 Å². The van der Waals surface area contributed by atoms with Crippen molar-refractivity contribution in [2.24, 2.45) is 5.92 Å². The SMILES string of the molecule is COc1ccc(-c2cc(C(=O)N3CCC(Cc4ccccc4)CC3)n(-c3ccc(C)cc3C)n2)c(OC)c1. The van der Waals surface area contributed by atoms with Crippen LogP contribution in [0.5, 0.6) is 11.5 Å². The molecule has 1 fully saturated rings. The number of likely N-dealkylation sites (tertiary alicyclic amines) is 1. The Morgan fingerprint density at radius 1 is 0.921 bits per heavy atom. The number of carbonyl (C=O) groups is 1. The van der Waals surface area contributed by atoms with E-state index in [0.29, 0.717) is 28.8 Å². The Balaban J connectivity index is 1.46. The highest BCUT2D eigenvalue weighted by atomic mass is 16.5. The fraction of sp³-hybridized carbons (Fsp3) is 0.312. The van der Waals surface area contributed by atoms with E-state index in [1.165, 1.54) is 11.1 Å². The molecule has 0 spiro atoms. The zero-order chi connectivity index (χ0) is 26.6. The van der Waals surface area contributed by atoms with Crippen molar-refractivity contribution < 1.29 is 14.3 Å². The molecule has 6 heteroatoms. The van der Waals surface area contributed by atoms with Gasteiger partial charge in [0.15, 0.2) is 0 Å². The van der Waals surface area contributed by atoms with Crippen LogP contribution in [0.4, 0.5) is 0 Å². The summed E-state index contributed by atoms with van der Waals surface area (Å²) < 4.78 is 12.8. The second kappa shape index (κ2) is 11.1. The molecule has 1 aliphatic rings. The van der Waals surface area contributed by atoms with Gasteiger partial charge in [0, 0.05) is 24.7 Å². The van der Waals surface area contributed by atoms with E-state index in [-0.39, 0.29) is 5.91 Å². The number of ether oxygens (including phenoxy) is 2. The van der Waals surface area contributed by atoms with Gasteiger partial charge in [-0.3, -0.25) is 4.79 Å². The number of piperidine rings is 1. The van der Waals surface area contributed by atoms with E-state index >= 15 is 0 Å². The van der Waals surface area contributed by atoms with E-state index < -0.39 is 0 Å². The summed E-state index contributed by atoms with van der Waals surface area (Å²) in [7, 11) is 3.26. The molecule has 0 saturated carbocycles. The Kier molecular flexibility index (Phi) is 7.50. The number of carbonyl (C=O) groups excluding carboxylic acids is 1. The lowest BCUT2D eigenvalue weighted by Crippen LogP contribution is -2.39. The van der Waals surface area contributed by atoms with Crippen molar-refractivity contribution in [3.05, 3.63) is 95.2 Å². The summed E-state index contributed by atoms with van der Waals surface area (Å²) in [6, 6.07) is 24.4. The minimum Gasteiger partial charge on any atom is -0.497 e. The van der Waals surface area contributed by atoms with E-state index in [2.05, 4.69) is 56.3 Å². The van der Waals surface area contributed by atoms with Gasteiger partial charge in [-0.2, -0.15) is 5.10 Å². The second-order valence-electron chi connectivity index (χ2n) is 10.1. The maximum absolute atomic E-state index is 14.0. The summed E-state index contributed by atoms with van der Waals surface area (Å²) in [6.07, 6.45) is 3.06. The molecular weight excluding hydrogens is 474 g/mol. The first kappa shape index (κ1) is 25.6. The van der Waals surface area contributed by atoms with Crippen LogP contribution in [0.1, 0.15) is 40.0 Å². The van der Waals surface area contributed by atoms with Crippen molar-refractivity contribution in [2.75, 3.05) is 27.3 Å². The van der Waals surface area contributed by atoms with E-state index in [0.717, 1.165) is 49.2 Å². The van der Waals surface area contributed by atoms with E-state index in [4.69, 9.17) is 14.6 Å². The zero-order valence-corrected chi connectivity index (χ0v) is 22.6. The molecule has 0 atom stereocenters. The molecule has 2 heterocycles. The maximum atomic E-state index is 14.0. The fourth-order valence-corrected chi connectivity index (χ4v) is 5.35. The van der Waals surface area contributed by atoms with Crippen molar-refractivity contribution in [2.45, 2.75) is 33.1 Å². The average molecular weight is 510 g/mol. The van der Waals surface area contributed by atoms with E-state index in [9.17, 15) is 4.79 Å². The lowest BCUT2D eigenvalue weighted by molar-refractivity contribution is 0.0681. The first-order chi connectivity index (χ1) is 18.5. The van der Waals surface area contributed by atoms with Gasteiger partial charge in [0.2, 0.25) is 0 Å². The molecule has 1 saturated heterocycles. The van der Waals surface area contributed by atoms with Crippen LogP contribution in [-0.4, -0.2) is 47.9 Å². The highest BCUT2D eigenvalue weighted by molar-refractivity contribution is 5.94. The summed E-state index contributed by atoms with van der Waals surface area (Å²) in [4.78, 5) is 15.9. The molecule has 0 N–H and O–H groups in total. The quantitative estimate of drug-likeness (QED) is 0.295. The normalized spacial score (nSPS) is 13.9. The van der Waals surface area contributed by atoms with Gasteiger partial charge in [0.05, 0.1) is 25.6 Å². The summed E-state index contributed by atoms with van der Waals surface area (Å²) in [6.45, 7) is 5.62. The number of benzene rings is 3. The topological polar surface area (TPSA) is 56.6 Å². The molecule has 196 valence electrons. The third kappa shape index (κ3) is 5.30. The number of aryl methyl sites for hydroxylation is 2. The first-order valence-corrected chi connectivity index (χ1v) is 13.2. The number of hydrogen-bond acceptors (Lipinski definition) is 4. The van der Waals surface area contributed by atoms with Gasteiger partial charge < -0.3 is 14.4 Å². The van der Waals surface area contributed by atoms with Crippen LogP contribution in [0, 0.1) is 19.8 Å². The Hall–Kier alpha value is -4.06. The van der Waals surface area contributed by atoms with Crippen molar-refractivity contribution >= 4 is 5.91 Å². The summed E-state index contributed by atoms with van der Waals surface area (Å²) in [5.41, 5.74) is 6.56. The zero-order valence-electron chi connectivity index (χ0n) is 22.6. The van der Waals surface area contributed by atoms with Crippen LogP contribution < -0.4 is 9.47 Å². The Morgan fingerprint density at radius 2 is 1.68 bits per heavy atom. The summed E-state index contributed by atoms with van der Waals surface area (Å²) in [5.74, 6) is 1.95. The van der Waals surface area contributed by atoms with Crippen LogP contribution in [-0.2, 0) is 6.42 Å². The lowest BCUT2D eigenvalue weighted by Gasteiger charge is -2.32. The predicted molar refractivity (Wildman–Crippen MR) is 150 cm³/mol. The largest absolute Gasteiger partial charge is 0.497 e. The van der Waals surface area contributed by atoms with Crippen LogP contribution in [0.3, 0.4) is 0 Å². The second-order valence-corrected chi connectivity index (χ2v) is 10.1. The van der Waals surface area contributed by atoms with Gasteiger partial charge >= 0.3 is 0 Å². The minimum atomic E-state index is 0.00867. The molecule has 3 aromatic carbocycles. The van der Waals surface area contributed by atoms with Crippen molar-refractivity contribution in [3.8, 4) is 28.4 Å². The van der Waals surface area contributed by atoms with Crippen molar-refractivity contribution in [1.82, 2.24) is 14.7 Å². The number of nitrogens with zero attached hydrogens (tertiary/aromatic N) is 3. The molecule has 5 rings (SSSR count). The van der Waals surface area contributed by atoms with Crippen molar-refractivity contribution in [1.29, 1.82) is 0 Å². The highest BCUT2D eigenvalue weighted by Crippen LogP contribution is 2.34. The van der Waals surface area contributed by atoms with Crippen LogP contribution in [0.2, 0.25) is 0 Å². The monoisotopic (exact) mass is 509 g/mol. The van der Waals surface area contributed by atoms with Crippen LogP contribution in [0.25, 0.3) is 16.9 Å². The van der Waals surface area contributed by atoms with Crippen LogP contribution >= 0.6 is 0 Å². The standard InChI is InChI=1S/C32H35N3O3/c1-22-10-13-29(23(2)18-22)35-30(21-28(33-35)27-12-11-26(37-3)20-31(27)38-4)32(36)34-16-14-25(15-17-34)19-24-8-6-5-7-9-24/h5-13,18,20-21,25H,14-17,19H2,1-4H3. The molecule has 1 aromatic heterocycles. The molecule has 38 heavy (non-hydrogen) atoms. The summed E-state index contributed by atoms with van der Waals surface area (Å²) >= 11 is 0. The van der Waals surface area contributed by atoms with Gasteiger partial charge in [0.1, 0.15) is 17.2 Å². The molecule has 0 bridgehead atoms. The molecular formula is C32H35N3O3. The molecule has 0 aliphatic carbocycles. The number of amides is 1. The number of methoxy groups -OCH3 is 2. The number of hydrogen-bond donors (Lipinski definition) is 0. The Labute approximate surface area is 224 Å². The average Bonchev–Trinajstić information content (AvgIpc) is 3.38. The van der Waals surface area contributed by atoms with Gasteiger partial charge in [-0.25, -0.2) is 4.68 Å². The van der Waals surface area contributed by atoms with Gasteiger partial charge in [-0.05, 0) is 74.4 Å². The Morgan fingerprint density at radius 3 is 2.37 bits per heavy atom. The first-order valence-electron chi connectivity index (χ1n) is 13.2. The number of rotatable bonds is 7. The third-order valence-electron chi connectivity index (χ3n) is 7.46. The molecule has 6 nitrogen and oxygen atoms in total. The third-order valence-corrected chi connectivity index (χ3v) is 7.46. The van der Waals surface area contributed by atoms with Crippen LogP contribution in [0.15, 0.2) is 72.8 Å². The van der Waals surface area contributed by atoms with Gasteiger partial charge in [-0.15, -0.1) is 0 Å². The molecule has 1 aliphatic heterocycles. The molecule has 0 radical (unpaired) electrons. The smallest absolute Gasteiger partial charge is 0.272 e. The number of aromatic nitrogens is 2. The predicted octanol–water partition coefficient (Wildman–Crippen LogP) is 6.27. The summed E-state index contributed by atoms with van der Waals surface area (Å²) in [5, 5.41) is 4.94. The highest BCUT2D eigenvalue weighted by Gasteiger charge is 2.28. The van der Waals surface area contributed by atoms with Gasteiger partial charge in [0.25, 0.3) is 5.91 Å². The fourth-order valence-electron chi connectivity index (χ4n) is 5.35. The van der Waals surface area contributed by atoms with Gasteiger partial charge in [-0.1, -0.05) is 48.0 Å². The molecule has 4 aromatic rings.